The first kappa shape index (κ1) is 17.1. The minimum Gasteiger partial charge on any atom is -0.277 e. The van der Waals surface area contributed by atoms with Crippen molar-refractivity contribution in [1.82, 2.24) is 15.2 Å². The van der Waals surface area contributed by atoms with Gasteiger partial charge in [-0.2, -0.15) is 0 Å². The first-order chi connectivity index (χ1) is 10.3. The molecule has 0 bridgehead atoms. The molecule has 0 saturated heterocycles. The van der Waals surface area contributed by atoms with Crippen molar-refractivity contribution in [3.63, 3.8) is 0 Å². The minimum atomic E-state index is -3.82. The Bertz CT molecular complexity index is 803. The number of aryl methyl sites for hydroxylation is 2. The maximum atomic E-state index is 12.2. The maximum Gasteiger partial charge on any atom is 0.257 e. The summed E-state index contributed by atoms with van der Waals surface area (Å²) < 4.78 is 25.1. The Labute approximate surface area is 141 Å². The fraction of sp³-hybridized carbons (Fsp3) is 0.231. The molecule has 0 aliphatic carbocycles. The highest BCUT2D eigenvalue weighted by molar-refractivity contribution is 9.10. The number of sulfonamides is 1. The van der Waals surface area contributed by atoms with Gasteiger partial charge in [0, 0.05) is 15.5 Å². The molecule has 118 valence electrons. The number of hydrogen-bond donors (Lipinski definition) is 2. The molecular formula is C13H14BrN3O3S2. The Morgan fingerprint density at radius 2 is 2.09 bits per heavy atom. The van der Waals surface area contributed by atoms with Crippen molar-refractivity contribution < 1.29 is 13.2 Å². The van der Waals surface area contributed by atoms with Crippen molar-refractivity contribution in [2.24, 2.45) is 0 Å². The SMILES string of the molecule is Cc1csc(CC(=O)NNS(=O)(=O)c2cc(Br)ccc2C)n1. The molecule has 0 spiro atoms. The number of aromatic nitrogens is 1. The van der Waals surface area contributed by atoms with Crippen LogP contribution in [0.25, 0.3) is 0 Å². The summed E-state index contributed by atoms with van der Waals surface area (Å²) in [6.45, 7) is 3.51. The summed E-state index contributed by atoms with van der Waals surface area (Å²) in [6, 6.07) is 4.91. The van der Waals surface area contributed by atoms with Crippen LogP contribution in [0.2, 0.25) is 0 Å². The van der Waals surface area contributed by atoms with Crippen LogP contribution < -0.4 is 10.3 Å². The predicted molar refractivity (Wildman–Crippen MR) is 87.9 cm³/mol. The van der Waals surface area contributed by atoms with E-state index in [1.807, 2.05) is 12.3 Å². The first-order valence-corrected chi connectivity index (χ1v) is 9.41. The first-order valence-electron chi connectivity index (χ1n) is 6.26. The number of thiazole rings is 1. The molecule has 0 fully saturated rings. The zero-order chi connectivity index (χ0) is 16.3. The molecule has 1 aromatic carbocycles. The number of halogens is 1. The normalized spacial score (nSPS) is 11.4. The highest BCUT2D eigenvalue weighted by Gasteiger charge is 2.18. The summed E-state index contributed by atoms with van der Waals surface area (Å²) in [5, 5.41) is 2.46. The number of nitrogens with zero attached hydrogens (tertiary/aromatic N) is 1. The highest BCUT2D eigenvalue weighted by Crippen LogP contribution is 2.20. The molecule has 0 atom stereocenters. The van der Waals surface area contributed by atoms with E-state index in [1.165, 1.54) is 17.4 Å². The van der Waals surface area contributed by atoms with Gasteiger partial charge in [-0.25, -0.2) is 13.4 Å². The summed E-state index contributed by atoms with van der Waals surface area (Å²) in [4.78, 5) is 18.1. The molecular weight excluding hydrogens is 390 g/mol. The van der Waals surface area contributed by atoms with E-state index in [2.05, 4.69) is 31.2 Å². The van der Waals surface area contributed by atoms with Crippen molar-refractivity contribution in [1.29, 1.82) is 0 Å². The van der Waals surface area contributed by atoms with Gasteiger partial charge in [-0.15, -0.1) is 16.2 Å². The average molecular weight is 404 g/mol. The molecule has 0 aliphatic heterocycles. The van der Waals surface area contributed by atoms with Crippen LogP contribution in [0.5, 0.6) is 0 Å². The third-order valence-electron chi connectivity index (χ3n) is 2.74. The van der Waals surface area contributed by atoms with E-state index in [9.17, 15) is 13.2 Å². The summed E-state index contributed by atoms with van der Waals surface area (Å²) in [7, 11) is -3.82. The summed E-state index contributed by atoms with van der Waals surface area (Å²) in [5.74, 6) is -0.467. The molecule has 22 heavy (non-hydrogen) atoms. The number of carbonyl (C=O) groups is 1. The van der Waals surface area contributed by atoms with E-state index in [1.54, 1.807) is 19.1 Å². The fourth-order valence-corrected chi connectivity index (χ4v) is 4.12. The Morgan fingerprint density at radius 3 is 2.73 bits per heavy atom. The fourth-order valence-electron chi connectivity index (χ4n) is 1.71. The molecule has 1 amide bonds. The zero-order valence-electron chi connectivity index (χ0n) is 11.9. The standard InChI is InChI=1S/C13H14BrN3O3S2/c1-8-3-4-10(14)5-11(8)22(19,20)17-16-12(18)6-13-15-9(2)7-21-13/h3-5,7,17H,6H2,1-2H3,(H,16,18). The van der Waals surface area contributed by atoms with Crippen molar-refractivity contribution in [2.45, 2.75) is 25.2 Å². The molecule has 0 unspecified atom stereocenters. The van der Waals surface area contributed by atoms with E-state index in [0.29, 0.717) is 15.0 Å². The van der Waals surface area contributed by atoms with Crippen molar-refractivity contribution in [2.75, 3.05) is 0 Å². The van der Waals surface area contributed by atoms with E-state index in [0.717, 1.165) is 5.69 Å². The van der Waals surface area contributed by atoms with Crippen molar-refractivity contribution in [3.8, 4) is 0 Å². The van der Waals surface area contributed by atoms with Crippen LogP contribution >= 0.6 is 27.3 Å². The number of rotatable bonds is 5. The smallest absolute Gasteiger partial charge is 0.257 e. The molecule has 0 aliphatic rings. The second-order valence-corrected chi connectivity index (χ2v) is 8.13. The molecule has 0 saturated carbocycles. The number of hydrazine groups is 1. The summed E-state index contributed by atoms with van der Waals surface area (Å²) in [5.41, 5.74) is 3.62. The van der Waals surface area contributed by atoms with Crippen LogP contribution in [0.4, 0.5) is 0 Å². The average Bonchev–Trinajstić information content (AvgIpc) is 2.84. The monoisotopic (exact) mass is 403 g/mol. The van der Waals surface area contributed by atoms with Gasteiger partial charge in [-0.05, 0) is 31.5 Å². The van der Waals surface area contributed by atoms with Gasteiger partial charge < -0.3 is 0 Å². The van der Waals surface area contributed by atoms with Crippen molar-refractivity contribution >= 4 is 43.2 Å². The number of amides is 1. The van der Waals surface area contributed by atoms with Gasteiger partial charge in [0.2, 0.25) is 5.91 Å². The Morgan fingerprint density at radius 1 is 1.36 bits per heavy atom. The zero-order valence-corrected chi connectivity index (χ0v) is 15.1. The third kappa shape index (κ3) is 4.35. The Hall–Kier alpha value is -1.29. The summed E-state index contributed by atoms with van der Waals surface area (Å²) in [6.07, 6.45) is 0.0263. The molecule has 6 nitrogen and oxygen atoms in total. The van der Waals surface area contributed by atoms with Gasteiger partial charge in [0.15, 0.2) is 0 Å². The van der Waals surface area contributed by atoms with Gasteiger partial charge in [-0.1, -0.05) is 22.0 Å². The lowest BCUT2D eigenvalue weighted by Gasteiger charge is -2.10. The lowest BCUT2D eigenvalue weighted by molar-refractivity contribution is -0.120. The van der Waals surface area contributed by atoms with Crippen molar-refractivity contribution in [3.05, 3.63) is 44.3 Å². The van der Waals surface area contributed by atoms with Crippen LogP contribution in [0.1, 0.15) is 16.3 Å². The lowest BCUT2D eigenvalue weighted by atomic mass is 10.2. The van der Waals surface area contributed by atoms with Crippen LogP contribution in [0, 0.1) is 13.8 Å². The Kier molecular flexibility index (Phi) is 5.32. The van der Waals surface area contributed by atoms with Gasteiger partial charge in [0.25, 0.3) is 10.0 Å². The highest BCUT2D eigenvalue weighted by atomic mass is 79.9. The molecule has 1 heterocycles. The summed E-state index contributed by atoms with van der Waals surface area (Å²) >= 11 is 4.59. The van der Waals surface area contributed by atoms with Crippen LogP contribution in [0.3, 0.4) is 0 Å². The molecule has 2 rings (SSSR count). The van der Waals surface area contributed by atoms with Crippen LogP contribution in [-0.2, 0) is 21.2 Å². The lowest BCUT2D eigenvalue weighted by Crippen LogP contribution is -2.42. The molecule has 0 radical (unpaired) electrons. The Balaban J connectivity index is 2.03. The molecule has 2 aromatic rings. The van der Waals surface area contributed by atoms with Gasteiger partial charge in [-0.3, -0.25) is 10.2 Å². The molecule has 9 heteroatoms. The number of carbonyl (C=O) groups excluding carboxylic acids is 1. The van der Waals surface area contributed by atoms with E-state index < -0.39 is 15.9 Å². The van der Waals surface area contributed by atoms with Crippen LogP contribution in [0.15, 0.2) is 32.9 Å². The number of hydrogen-bond acceptors (Lipinski definition) is 5. The number of nitrogens with one attached hydrogen (secondary N) is 2. The second kappa shape index (κ2) is 6.86. The predicted octanol–water partition coefficient (Wildman–Crippen LogP) is 2.07. The molecule has 2 N–H and O–H groups in total. The van der Waals surface area contributed by atoms with Gasteiger partial charge in [0.1, 0.15) is 5.01 Å². The quantitative estimate of drug-likeness (QED) is 0.747. The van der Waals surface area contributed by atoms with Gasteiger partial charge in [0.05, 0.1) is 11.3 Å². The van der Waals surface area contributed by atoms with E-state index in [-0.39, 0.29) is 11.3 Å². The number of benzene rings is 1. The minimum absolute atomic E-state index is 0.0263. The topological polar surface area (TPSA) is 88.2 Å². The molecule has 1 aromatic heterocycles. The van der Waals surface area contributed by atoms with Gasteiger partial charge >= 0.3 is 0 Å². The van der Waals surface area contributed by atoms with Crippen LogP contribution in [-0.4, -0.2) is 19.3 Å². The van der Waals surface area contributed by atoms with E-state index in [4.69, 9.17) is 0 Å². The third-order valence-corrected chi connectivity index (χ3v) is 5.59. The second-order valence-electron chi connectivity index (χ2n) is 4.62. The van der Waals surface area contributed by atoms with E-state index >= 15 is 0 Å². The largest absolute Gasteiger partial charge is 0.277 e. The maximum absolute atomic E-state index is 12.2.